The highest BCUT2D eigenvalue weighted by atomic mass is 35.5. The molecule has 0 saturated carbocycles. The third kappa shape index (κ3) is 2.19. The molecular formula is C8H5Cl2F2NO. The first-order chi connectivity index (χ1) is 6.60. The van der Waals surface area contributed by atoms with Gasteiger partial charge in [-0.25, -0.2) is 13.8 Å². The molecule has 0 radical (unpaired) electrons. The van der Waals surface area contributed by atoms with Gasteiger partial charge in [0.15, 0.2) is 6.29 Å². The van der Waals surface area contributed by atoms with E-state index in [0.717, 1.165) is 0 Å². The number of aldehydes is 1. The molecule has 0 spiro atoms. The average Bonchev–Trinajstić information content (AvgIpc) is 2.17. The molecule has 1 rings (SSSR count). The highest BCUT2D eigenvalue weighted by molar-refractivity contribution is 6.33. The third-order valence-electron chi connectivity index (χ3n) is 1.54. The molecule has 0 aliphatic rings. The number of rotatable bonds is 3. The van der Waals surface area contributed by atoms with E-state index < -0.39 is 12.1 Å². The Morgan fingerprint density at radius 3 is 2.64 bits per heavy atom. The molecule has 0 bridgehead atoms. The van der Waals surface area contributed by atoms with Gasteiger partial charge in [0.2, 0.25) is 0 Å². The topological polar surface area (TPSA) is 30.0 Å². The highest BCUT2D eigenvalue weighted by Crippen LogP contribution is 2.28. The summed E-state index contributed by atoms with van der Waals surface area (Å²) in [6.07, 6.45) is -2.42. The van der Waals surface area contributed by atoms with Gasteiger partial charge in [-0.15, -0.1) is 11.6 Å². The molecule has 0 aromatic carbocycles. The minimum absolute atomic E-state index is 0.0207. The highest BCUT2D eigenvalue weighted by Gasteiger charge is 2.17. The smallest absolute Gasteiger partial charge is 0.281 e. The van der Waals surface area contributed by atoms with Crippen LogP contribution >= 0.6 is 23.2 Å². The van der Waals surface area contributed by atoms with Crippen LogP contribution in [0.2, 0.25) is 5.02 Å². The standard InChI is InChI=1S/C8H5Cl2F2NO/c9-2-5-1-4(3-14)6(10)7(13-5)8(11)12/h1,3,8H,2H2. The Hall–Kier alpha value is -0.740. The molecule has 1 aromatic rings. The lowest BCUT2D eigenvalue weighted by atomic mass is 10.2. The fourth-order valence-corrected chi connectivity index (χ4v) is 1.29. The molecule has 0 amide bonds. The van der Waals surface area contributed by atoms with Crippen molar-refractivity contribution in [3.05, 3.63) is 28.0 Å². The lowest BCUT2D eigenvalue weighted by Crippen LogP contribution is -1.99. The van der Waals surface area contributed by atoms with Crippen LogP contribution in [-0.4, -0.2) is 11.3 Å². The SMILES string of the molecule is O=Cc1cc(CCl)nc(C(F)F)c1Cl. The second-order valence-electron chi connectivity index (χ2n) is 2.45. The van der Waals surface area contributed by atoms with Crippen LogP contribution in [0, 0.1) is 0 Å². The number of nitrogens with zero attached hydrogens (tertiary/aromatic N) is 1. The van der Waals surface area contributed by atoms with Gasteiger partial charge in [0.1, 0.15) is 5.69 Å². The molecule has 1 aromatic heterocycles. The monoisotopic (exact) mass is 239 g/mol. The van der Waals surface area contributed by atoms with Gasteiger partial charge in [0.25, 0.3) is 6.43 Å². The van der Waals surface area contributed by atoms with Crippen molar-refractivity contribution in [2.75, 3.05) is 0 Å². The first-order valence-electron chi connectivity index (χ1n) is 3.58. The number of alkyl halides is 3. The van der Waals surface area contributed by atoms with E-state index in [1.165, 1.54) is 6.07 Å². The Balaban J connectivity index is 3.34. The van der Waals surface area contributed by atoms with Crippen LogP contribution in [0.4, 0.5) is 8.78 Å². The quantitative estimate of drug-likeness (QED) is 0.599. The molecule has 0 N–H and O–H groups in total. The summed E-state index contributed by atoms with van der Waals surface area (Å²) >= 11 is 10.9. The summed E-state index contributed by atoms with van der Waals surface area (Å²) in [5.74, 6) is -0.0439. The van der Waals surface area contributed by atoms with Crippen molar-refractivity contribution in [3.8, 4) is 0 Å². The molecule has 0 aliphatic heterocycles. The van der Waals surface area contributed by atoms with Gasteiger partial charge >= 0.3 is 0 Å². The number of hydrogen-bond acceptors (Lipinski definition) is 2. The Bertz CT molecular complexity index is 357. The van der Waals surface area contributed by atoms with Crippen LogP contribution in [-0.2, 0) is 5.88 Å². The maximum absolute atomic E-state index is 12.4. The molecule has 0 fully saturated rings. The second-order valence-corrected chi connectivity index (χ2v) is 3.10. The zero-order valence-electron chi connectivity index (χ0n) is 6.81. The molecule has 0 atom stereocenters. The van der Waals surface area contributed by atoms with E-state index in [2.05, 4.69) is 4.98 Å². The number of carbonyl (C=O) groups is 1. The molecule has 14 heavy (non-hydrogen) atoms. The number of halogens is 4. The molecular weight excluding hydrogens is 235 g/mol. The minimum Gasteiger partial charge on any atom is -0.298 e. The second kappa shape index (κ2) is 4.66. The van der Waals surface area contributed by atoms with Crippen LogP contribution in [0.3, 0.4) is 0 Å². The van der Waals surface area contributed by atoms with Crippen molar-refractivity contribution in [3.63, 3.8) is 0 Å². The van der Waals surface area contributed by atoms with Crippen molar-refractivity contribution in [2.45, 2.75) is 12.3 Å². The molecule has 1 heterocycles. The first kappa shape index (κ1) is 11.3. The third-order valence-corrected chi connectivity index (χ3v) is 2.22. The van der Waals surface area contributed by atoms with Crippen LogP contribution in [0.5, 0.6) is 0 Å². The van der Waals surface area contributed by atoms with Crippen molar-refractivity contribution in [1.29, 1.82) is 0 Å². The summed E-state index contributed by atoms with van der Waals surface area (Å²) < 4.78 is 24.7. The maximum Gasteiger partial charge on any atom is 0.281 e. The van der Waals surface area contributed by atoms with E-state index in [1.807, 2.05) is 0 Å². The normalized spacial score (nSPS) is 10.6. The summed E-state index contributed by atoms with van der Waals surface area (Å²) in [5.41, 5.74) is -0.423. The number of carbonyl (C=O) groups excluding carboxylic acids is 1. The molecule has 76 valence electrons. The van der Waals surface area contributed by atoms with Gasteiger partial charge in [0, 0.05) is 5.56 Å². The van der Waals surface area contributed by atoms with E-state index in [0.29, 0.717) is 6.29 Å². The molecule has 2 nitrogen and oxygen atoms in total. The van der Waals surface area contributed by atoms with Gasteiger partial charge in [0.05, 0.1) is 16.6 Å². The minimum atomic E-state index is -2.82. The Morgan fingerprint density at radius 1 is 1.57 bits per heavy atom. The largest absolute Gasteiger partial charge is 0.298 e. The summed E-state index contributed by atoms with van der Waals surface area (Å²) in [6, 6.07) is 1.29. The maximum atomic E-state index is 12.4. The van der Waals surface area contributed by atoms with Gasteiger partial charge in [-0.05, 0) is 6.07 Å². The summed E-state index contributed by atoms with van der Waals surface area (Å²) in [7, 11) is 0. The van der Waals surface area contributed by atoms with Crippen LogP contribution in [0.25, 0.3) is 0 Å². The van der Waals surface area contributed by atoms with Crippen LogP contribution < -0.4 is 0 Å². The lowest BCUT2D eigenvalue weighted by molar-refractivity contribution is 0.112. The van der Waals surface area contributed by atoms with E-state index in [1.54, 1.807) is 0 Å². The van der Waals surface area contributed by atoms with Crippen molar-refractivity contribution in [1.82, 2.24) is 4.98 Å². The van der Waals surface area contributed by atoms with E-state index in [4.69, 9.17) is 23.2 Å². The number of hydrogen-bond donors (Lipinski definition) is 0. The molecule has 6 heteroatoms. The van der Waals surface area contributed by atoms with Gasteiger partial charge in [-0.2, -0.15) is 0 Å². The Morgan fingerprint density at radius 2 is 2.21 bits per heavy atom. The first-order valence-corrected chi connectivity index (χ1v) is 4.50. The predicted octanol–water partition coefficient (Wildman–Crippen LogP) is 3.22. The molecule has 0 saturated heterocycles. The fourth-order valence-electron chi connectivity index (χ4n) is 0.926. The Kier molecular flexibility index (Phi) is 3.77. The lowest BCUT2D eigenvalue weighted by Gasteiger charge is -2.06. The van der Waals surface area contributed by atoms with Crippen molar-refractivity contribution >= 4 is 29.5 Å². The molecule has 0 aliphatic carbocycles. The van der Waals surface area contributed by atoms with Crippen molar-refractivity contribution in [2.24, 2.45) is 0 Å². The summed E-state index contributed by atoms with van der Waals surface area (Å²) in [6.45, 7) is 0. The number of pyridine rings is 1. The van der Waals surface area contributed by atoms with Gasteiger partial charge in [-0.1, -0.05) is 11.6 Å². The average molecular weight is 240 g/mol. The van der Waals surface area contributed by atoms with Crippen LogP contribution in [0.1, 0.15) is 28.2 Å². The van der Waals surface area contributed by atoms with E-state index in [9.17, 15) is 13.6 Å². The summed E-state index contributed by atoms with van der Waals surface area (Å²) in [4.78, 5) is 14.0. The Labute approximate surface area is 88.8 Å². The zero-order chi connectivity index (χ0) is 10.7. The van der Waals surface area contributed by atoms with E-state index in [-0.39, 0.29) is 22.2 Å². The van der Waals surface area contributed by atoms with Crippen LogP contribution in [0.15, 0.2) is 6.07 Å². The summed E-state index contributed by atoms with van der Waals surface area (Å²) in [5, 5.41) is -0.316. The van der Waals surface area contributed by atoms with Crippen molar-refractivity contribution < 1.29 is 13.6 Å². The van der Waals surface area contributed by atoms with Gasteiger partial charge in [-0.3, -0.25) is 4.79 Å². The molecule has 0 unspecified atom stereocenters. The predicted molar refractivity (Wildman–Crippen MR) is 49.1 cm³/mol. The fraction of sp³-hybridized carbons (Fsp3) is 0.250. The number of aromatic nitrogens is 1. The van der Waals surface area contributed by atoms with Gasteiger partial charge < -0.3 is 0 Å². The zero-order valence-corrected chi connectivity index (χ0v) is 8.32. The van der Waals surface area contributed by atoms with E-state index >= 15 is 0 Å².